The van der Waals surface area contributed by atoms with Crippen molar-refractivity contribution >= 4 is 15.9 Å². The summed E-state index contributed by atoms with van der Waals surface area (Å²) in [5.41, 5.74) is 6.53. The van der Waals surface area contributed by atoms with Gasteiger partial charge >= 0.3 is 0 Å². The Morgan fingerprint density at radius 2 is 2.37 bits per heavy atom. The number of rotatable bonds is 5. The molecule has 0 saturated carbocycles. The Labute approximate surface area is 121 Å². The number of benzene rings is 1. The summed E-state index contributed by atoms with van der Waals surface area (Å²) in [6.45, 7) is 4.07. The molecule has 1 aliphatic heterocycles. The van der Waals surface area contributed by atoms with Crippen molar-refractivity contribution in [3.8, 4) is 0 Å². The minimum atomic E-state index is -0.263. The lowest BCUT2D eigenvalue weighted by molar-refractivity contribution is 0.0189. The first-order chi connectivity index (χ1) is 9.04. The molecule has 0 bridgehead atoms. The van der Waals surface area contributed by atoms with Gasteiger partial charge in [0.1, 0.15) is 5.82 Å². The molecule has 1 aliphatic rings. The van der Waals surface area contributed by atoms with Crippen LogP contribution in [0, 0.1) is 5.82 Å². The van der Waals surface area contributed by atoms with E-state index < -0.39 is 0 Å². The molecular formula is C14H20BrFN2O. The molecule has 3 nitrogen and oxygen atoms in total. The first-order valence-corrected chi connectivity index (χ1v) is 7.36. The van der Waals surface area contributed by atoms with Gasteiger partial charge in [-0.25, -0.2) is 4.39 Å². The zero-order valence-corrected chi connectivity index (χ0v) is 12.7. The summed E-state index contributed by atoms with van der Waals surface area (Å²) in [7, 11) is 0. The fraction of sp³-hybridized carbons (Fsp3) is 0.571. The minimum Gasteiger partial charge on any atom is -0.374 e. The highest BCUT2D eigenvalue weighted by Gasteiger charge is 2.30. The molecule has 2 atom stereocenters. The van der Waals surface area contributed by atoms with E-state index in [0.717, 1.165) is 31.6 Å². The van der Waals surface area contributed by atoms with Crippen molar-refractivity contribution in [2.75, 3.05) is 19.7 Å². The van der Waals surface area contributed by atoms with Gasteiger partial charge in [0.05, 0.1) is 10.1 Å². The Hall–Kier alpha value is -0.490. The predicted octanol–water partition coefficient (Wildman–Crippen LogP) is 2.75. The van der Waals surface area contributed by atoms with E-state index in [4.69, 9.17) is 10.5 Å². The third-order valence-electron chi connectivity index (χ3n) is 3.60. The van der Waals surface area contributed by atoms with E-state index >= 15 is 0 Å². The average molecular weight is 331 g/mol. The van der Waals surface area contributed by atoms with E-state index in [1.165, 1.54) is 6.07 Å². The van der Waals surface area contributed by atoms with Crippen LogP contribution in [0.3, 0.4) is 0 Å². The van der Waals surface area contributed by atoms with Gasteiger partial charge < -0.3 is 15.8 Å². The monoisotopic (exact) mass is 330 g/mol. The van der Waals surface area contributed by atoms with Crippen molar-refractivity contribution < 1.29 is 9.13 Å². The van der Waals surface area contributed by atoms with Crippen molar-refractivity contribution in [1.29, 1.82) is 0 Å². The molecule has 0 spiro atoms. The largest absolute Gasteiger partial charge is 0.374 e. The van der Waals surface area contributed by atoms with E-state index in [0.29, 0.717) is 11.0 Å². The molecule has 19 heavy (non-hydrogen) atoms. The van der Waals surface area contributed by atoms with Crippen molar-refractivity contribution in [3.63, 3.8) is 0 Å². The molecule has 2 unspecified atom stereocenters. The van der Waals surface area contributed by atoms with Gasteiger partial charge in [-0.1, -0.05) is 6.07 Å². The summed E-state index contributed by atoms with van der Waals surface area (Å²) in [5, 5.41) is 3.38. The molecule has 106 valence electrons. The molecule has 0 aromatic heterocycles. The third kappa shape index (κ3) is 3.75. The number of ether oxygens (including phenoxy) is 1. The van der Waals surface area contributed by atoms with Gasteiger partial charge in [0.15, 0.2) is 0 Å². The van der Waals surface area contributed by atoms with E-state index in [2.05, 4.69) is 28.2 Å². The average Bonchev–Trinajstić information content (AvgIpc) is 2.81. The maximum absolute atomic E-state index is 13.6. The quantitative estimate of drug-likeness (QED) is 0.872. The van der Waals surface area contributed by atoms with Crippen LogP contribution in [-0.2, 0) is 4.74 Å². The van der Waals surface area contributed by atoms with Crippen LogP contribution < -0.4 is 11.1 Å². The molecule has 1 heterocycles. The maximum Gasteiger partial charge on any atom is 0.137 e. The second kappa shape index (κ2) is 6.31. The van der Waals surface area contributed by atoms with Crippen LogP contribution in [0.1, 0.15) is 31.4 Å². The molecule has 0 amide bonds. The second-order valence-electron chi connectivity index (χ2n) is 5.24. The van der Waals surface area contributed by atoms with Gasteiger partial charge in [-0.3, -0.25) is 0 Å². The molecule has 3 N–H and O–H groups in total. The van der Waals surface area contributed by atoms with Crippen LogP contribution in [0.5, 0.6) is 0 Å². The van der Waals surface area contributed by atoms with Gasteiger partial charge in [-0.05, 0) is 53.4 Å². The summed E-state index contributed by atoms with van der Waals surface area (Å²) in [6.07, 6.45) is 2.14. The number of nitrogens with one attached hydrogen (secondary N) is 1. The van der Waals surface area contributed by atoms with E-state index in [1.54, 1.807) is 6.07 Å². The van der Waals surface area contributed by atoms with Crippen LogP contribution >= 0.6 is 15.9 Å². The highest BCUT2D eigenvalue weighted by Crippen LogP contribution is 2.26. The molecule has 5 heteroatoms. The van der Waals surface area contributed by atoms with E-state index in [-0.39, 0.29) is 17.5 Å². The zero-order valence-electron chi connectivity index (χ0n) is 11.1. The number of halogens is 2. The SMILES string of the molecule is CC1(CNC(CN)c2ccc(Br)c(F)c2)CCCO1. The van der Waals surface area contributed by atoms with Gasteiger partial charge in [0.25, 0.3) is 0 Å². The molecule has 1 aromatic carbocycles. The maximum atomic E-state index is 13.6. The molecule has 0 aliphatic carbocycles. The second-order valence-corrected chi connectivity index (χ2v) is 6.10. The summed E-state index contributed by atoms with van der Waals surface area (Å²) < 4.78 is 19.8. The summed E-state index contributed by atoms with van der Waals surface area (Å²) >= 11 is 3.16. The summed E-state index contributed by atoms with van der Waals surface area (Å²) in [6, 6.07) is 5.06. The Morgan fingerprint density at radius 3 is 2.95 bits per heavy atom. The van der Waals surface area contributed by atoms with Crippen LogP contribution in [0.25, 0.3) is 0 Å². The fourth-order valence-corrected chi connectivity index (χ4v) is 2.63. The Morgan fingerprint density at radius 1 is 1.58 bits per heavy atom. The topological polar surface area (TPSA) is 47.3 Å². The molecular weight excluding hydrogens is 311 g/mol. The van der Waals surface area contributed by atoms with Gasteiger partial charge in [-0.15, -0.1) is 0 Å². The van der Waals surface area contributed by atoms with Crippen LogP contribution in [0.4, 0.5) is 4.39 Å². The lowest BCUT2D eigenvalue weighted by Gasteiger charge is -2.27. The van der Waals surface area contributed by atoms with Gasteiger partial charge in [0.2, 0.25) is 0 Å². The first-order valence-electron chi connectivity index (χ1n) is 6.56. The third-order valence-corrected chi connectivity index (χ3v) is 4.25. The van der Waals surface area contributed by atoms with Crippen molar-refractivity contribution in [2.45, 2.75) is 31.4 Å². The smallest absolute Gasteiger partial charge is 0.137 e. The lowest BCUT2D eigenvalue weighted by Crippen LogP contribution is -2.41. The Kier molecular flexibility index (Phi) is 4.95. The number of hydrogen-bond donors (Lipinski definition) is 2. The highest BCUT2D eigenvalue weighted by atomic mass is 79.9. The van der Waals surface area contributed by atoms with E-state index in [9.17, 15) is 4.39 Å². The molecule has 2 rings (SSSR count). The van der Waals surface area contributed by atoms with Crippen molar-refractivity contribution in [1.82, 2.24) is 5.32 Å². The van der Waals surface area contributed by atoms with Crippen LogP contribution in [0.2, 0.25) is 0 Å². The Balaban J connectivity index is 2.01. The number of nitrogens with two attached hydrogens (primary N) is 1. The first kappa shape index (κ1) is 14.9. The summed E-state index contributed by atoms with van der Waals surface area (Å²) in [4.78, 5) is 0. The van der Waals surface area contributed by atoms with Gasteiger partial charge in [-0.2, -0.15) is 0 Å². The number of hydrogen-bond acceptors (Lipinski definition) is 3. The molecule has 1 saturated heterocycles. The van der Waals surface area contributed by atoms with E-state index in [1.807, 2.05) is 6.07 Å². The zero-order chi connectivity index (χ0) is 13.9. The molecule has 1 aromatic rings. The molecule has 0 radical (unpaired) electrons. The fourth-order valence-electron chi connectivity index (χ4n) is 2.38. The van der Waals surface area contributed by atoms with Crippen molar-refractivity contribution in [3.05, 3.63) is 34.1 Å². The van der Waals surface area contributed by atoms with Crippen molar-refractivity contribution in [2.24, 2.45) is 5.73 Å². The Bertz CT molecular complexity index is 435. The summed E-state index contributed by atoms with van der Waals surface area (Å²) in [5.74, 6) is -0.263. The lowest BCUT2D eigenvalue weighted by atomic mass is 10.0. The van der Waals surface area contributed by atoms with Crippen LogP contribution in [-0.4, -0.2) is 25.3 Å². The predicted molar refractivity (Wildman–Crippen MR) is 77.5 cm³/mol. The standard InChI is InChI=1S/C14H20BrFN2O/c1-14(5-2-6-19-14)9-18-13(8-17)10-3-4-11(15)12(16)7-10/h3-4,7,13,18H,2,5-6,8-9,17H2,1H3. The minimum absolute atomic E-state index is 0.0522. The highest BCUT2D eigenvalue weighted by molar-refractivity contribution is 9.10. The normalized spacial score (nSPS) is 24.6. The van der Waals surface area contributed by atoms with Crippen LogP contribution in [0.15, 0.2) is 22.7 Å². The van der Waals surface area contributed by atoms with Gasteiger partial charge in [0, 0.05) is 25.7 Å². The molecule has 1 fully saturated rings.